The first kappa shape index (κ1) is 31.4. The Labute approximate surface area is 261 Å². The molecule has 0 saturated heterocycles. The predicted octanol–water partition coefficient (Wildman–Crippen LogP) is 6.85. The van der Waals surface area contributed by atoms with Gasteiger partial charge in [0.2, 0.25) is 0 Å². The van der Waals surface area contributed by atoms with Crippen molar-refractivity contribution in [3.63, 3.8) is 0 Å². The third-order valence-electron chi connectivity index (χ3n) is 9.29. The number of hydrogen-bond donors (Lipinski definition) is 4. The monoisotopic (exact) mass is 732 g/mol. The zero-order valence-corrected chi connectivity index (χ0v) is 28.7. The van der Waals surface area contributed by atoms with Gasteiger partial charge in [-0.1, -0.05) is 73.9 Å². The summed E-state index contributed by atoms with van der Waals surface area (Å²) in [6.45, 7) is 18.4. The number of aromatic nitrogens is 3. The maximum atomic E-state index is 3.92. The van der Waals surface area contributed by atoms with Gasteiger partial charge in [-0.2, -0.15) is 11.1 Å². The average Bonchev–Trinajstić information content (AvgIpc) is 3.67. The Balaban J connectivity index is 0.00000387. The molecule has 0 atom stereocenters. The molecule has 3 aromatic rings. The van der Waals surface area contributed by atoms with Crippen LogP contribution in [0.2, 0.25) is 0 Å². The van der Waals surface area contributed by atoms with Crippen LogP contribution in [-0.4, -0.2) is 15.0 Å². The minimum Gasteiger partial charge on any atom is -0.450 e. The van der Waals surface area contributed by atoms with Crippen LogP contribution in [0.15, 0.2) is 16.8 Å². The molecule has 0 saturated carbocycles. The molecule has 0 unspecified atom stereocenters. The summed E-state index contributed by atoms with van der Waals surface area (Å²) in [5.74, 6) is 0. The summed E-state index contributed by atoms with van der Waals surface area (Å²) in [5.41, 5.74) is 18.0. The maximum absolute atomic E-state index is 3.92. The molecule has 5 heterocycles. The number of rotatable bonds is 8. The fraction of sp³-hybridized carbons (Fsp3) is 0.472. The van der Waals surface area contributed by atoms with E-state index in [-0.39, 0.29) is 21.1 Å². The Morgan fingerprint density at radius 1 is 0.537 bits per heavy atom. The van der Waals surface area contributed by atoms with Crippen molar-refractivity contribution in [2.45, 2.75) is 113 Å². The molecule has 2 aliphatic heterocycles. The number of nitrogens with one attached hydrogen (secondary N) is 4. The molecular formula is C36H49N4Pt-. The summed E-state index contributed by atoms with van der Waals surface area (Å²) in [6.07, 6.45) is 16.3. The standard InChI is InChI=1S/C36H49N4.Pt/c1-9-21-22(10-2)30-18-32-25(13-5)26(14-6)34(39-32)20-36-28(16-8)27(15-7)35(40-36)19-33-24(12-4)23(11-3)31(38-33)17-29(21)37-30;/h17-19,37-40H,9-16,20H2,1-8H3;/q-1;. The molecule has 41 heavy (non-hydrogen) atoms. The largest absolute Gasteiger partial charge is 0.450 e. The van der Waals surface area contributed by atoms with Crippen molar-refractivity contribution >= 4 is 18.2 Å². The van der Waals surface area contributed by atoms with Crippen LogP contribution >= 0.6 is 0 Å². The molecule has 0 spiro atoms. The predicted molar refractivity (Wildman–Crippen MR) is 171 cm³/mol. The van der Waals surface area contributed by atoms with E-state index in [9.17, 15) is 0 Å². The SMILES string of the molecule is CCC1=C(CC)[C-]2Cc3[nH]c(c(CC)c3CC)C=c3[nH]c(c(CC)c3CC)=Cc3[nH]c(c(CC)c3CC)C=C1N2.[Pt]. The molecule has 5 heteroatoms. The van der Waals surface area contributed by atoms with Crippen LogP contribution in [0, 0.1) is 6.04 Å². The van der Waals surface area contributed by atoms with E-state index in [2.05, 4.69) is 93.9 Å². The molecule has 0 amide bonds. The number of hydrogen-bond acceptors (Lipinski definition) is 1. The number of allylic oxidation sites excluding steroid dienone is 1. The zero-order chi connectivity index (χ0) is 28.6. The van der Waals surface area contributed by atoms with Crippen molar-refractivity contribution in [2.75, 3.05) is 0 Å². The summed E-state index contributed by atoms with van der Waals surface area (Å²) in [4.78, 5) is 11.7. The van der Waals surface area contributed by atoms with Crippen molar-refractivity contribution < 1.29 is 21.1 Å². The molecule has 2 aliphatic rings. The van der Waals surface area contributed by atoms with E-state index < -0.39 is 0 Å². The summed E-state index contributed by atoms with van der Waals surface area (Å²) in [6, 6.07) is 1.36. The molecule has 4 nitrogen and oxygen atoms in total. The average molecular weight is 733 g/mol. The van der Waals surface area contributed by atoms with Gasteiger partial charge in [0.05, 0.1) is 0 Å². The second kappa shape index (κ2) is 13.2. The molecule has 0 fully saturated rings. The van der Waals surface area contributed by atoms with Gasteiger partial charge in [0.25, 0.3) is 0 Å². The van der Waals surface area contributed by atoms with E-state index in [4.69, 9.17) is 0 Å². The van der Waals surface area contributed by atoms with Crippen molar-refractivity contribution in [2.24, 2.45) is 0 Å². The van der Waals surface area contributed by atoms with E-state index in [0.29, 0.717) is 0 Å². The third kappa shape index (κ3) is 5.38. The molecule has 4 N–H and O–H groups in total. The molecule has 0 aliphatic carbocycles. The molecule has 0 radical (unpaired) electrons. The van der Waals surface area contributed by atoms with Gasteiger partial charge in [-0.15, -0.1) is 6.04 Å². The van der Waals surface area contributed by atoms with Crippen LogP contribution in [-0.2, 0) is 66.0 Å². The Morgan fingerprint density at radius 2 is 1.02 bits per heavy atom. The molecule has 0 aromatic carbocycles. The van der Waals surface area contributed by atoms with Gasteiger partial charge in [-0.3, -0.25) is 0 Å². The minimum absolute atomic E-state index is 0. The van der Waals surface area contributed by atoms with E-state index in [1.165, 1.54) is 89.7 Å². The molecular weight excluding hydrogens is 684 g/mol. The maximum Gasteiger partial charge on any atom is 0.0441 e. The number of fused-ring (bicyclic) bond motifs is 8. The normalized spacial score (nSPS) is 14.4. The minimum atomic E-state index is 0. The van der Waals surface area contributed by atoms with E-state index in [1.54, 1.807) is 0 Å². The molecule has 5 rings (SSSR count). The van der Waals surface area contributed by atoms with Crippen LogP contribution in [0.3, 0.4) is 0 Å². The van der Waals surface area contributed by atoms with Crippen molar-refractivity contribution in [1.29, 1.82) is 0 Å². The number of aromatic amines is 3. The Morgan fingerprint density at radius 3 is 1.51 bits per heavy atom. The Kier molecular flexibility index (Phi) is 10.1. The van der Waals surface area contributed by atoms with Crippen LogP contribution < -0.4 is 16.0 Å². The van der Waals surface area contributed by atoms with Gasteiger partial charge in [0.1, 0.15) is 0 Å². The Hall–Kier alpha value is -2.58. The third-order valence-corrected chi connectivity index (χ3v) is 9.29. The van der Waals surface area contributed by atoms with E-state index in [0.717, 1.165) is 57.8 Å². The summed E-state index contributed by atoms with van der Waals surface area (Å²) < 4.78 is 0. The van der Waals surface area contributed by atoms with Crippen LogP contribution in [0.25, 0.3) is 18.2 Å². The van der Waals surface area contributed by atoms with Gasteiger partial charge < -0.3 is 20.3 Å². The van der Waals surface area contributed by atoms with Crippen LogP contribution in [0.4, 0.5) is 0 Å². The Bertz CT molecular complexity index is 1590. The van der Waals surface area contributed by atoms with Crippen LogP contribution in [0.1, 0.15) is 124 Å². The van der Waals surface area contributed by atoms with Gasteiger partial charge in [-0.25, -0.2) is 0 Å². The second-order valence-electron chi connectivity index (χ2n) is 11.2. The molecule has 8 bridgehead atoms. The van der Waals surface area contributed by atoms with Crippen molar-refractivity contribution in [3.8, 4) is 0 Å². The zero-order valence-electron chi connectivity index (χ0n) is 26.4. The van der Waals surface area contributed by atoms with Gasteiger partial charge in [0.15, 0.2) is 0 Å². The topological polar surface area (TPSA) is 59.4 Å². The summed E-state index contributed by atoms with van der Waals surface area (Å²) >= 11 is 0. The molecule has 224 valence electrons. The fourth-order valence-corrected chi connectivity index (χ4v) is 7.49. The first-order valence-corrected chi connectivity index (χ1v) is 15.9. The van der Waals surface area contributed by atoms with Gasteiger partial charge in [-0.05, 0) is 96.6 Å². The first-order valence-electron chi connectivity index (χ1n) is 15.9. The fourth-order valence-electron chi connectivity index (χ4n) is 7.49. The van der Waals surface area contributed by atoms with E-state index >= 15 is 0 Å². The summed E-state index contributed by atoms with van der Waals surface area (Å²) in [7, 11) is 0. The van der Waals surface area contributed by atoms with Gasteiger partial charge >= 0.3 is 0 Å². The number of H-pyrrole nitrogens is 3. The second-order valence-corrected chi connectivity index (χ2v) is 11.2. The van der Waals surface area contributed by atoms with Crippen molar-refractivity contribution in [3.05, 3.63) is 89.7 Å². The van der Waals surface area contributed by atoms with E-state index in [1.807, 2.05) is 0 Å². The van der Waals surface area contributed by atoms with Gasteiger partial charge in [0, 0.05) is 54.5 Å². The smallest absolute Gasteiger partial charge is 0.0441 e. The summed E-state index contributed by atoms with van der Waals surface area (Å²) in [5, 5.41) is 6.42. The molecule has 3 aromatic heterocycles. The first-order chi connectivity index (χ1) is 19.5. The quantitative estimate of drug-likeness (QED) is 0.188. The van der Waals surface area contributed by atoms with Crippen LogP contribution in [0.5, 0.6) is 0 Å². The van der Waals surface area contributed by atoms with Crippen molar-refractivity contribution in [1.82, 2.24) is 20.3 Å².